The minimum absolute atomic E-state index is 0.0364. The molecular formula is C23H20F5N5O3S. The van der Waals surface area contributed by atoms with Gasteiger partial charge in [0.1, 0.15) is 24.0 Å². The molecule has 37 heavy (non-hydrogen) atoms. The molecule has 3 aromatic rings. The van der Waals surface area contributed by atoms with Crippen LogP contribution in [0.1, 0.15) is 31.2 Å². The molecule has 0 amide bonds. The fourth-order valence-electron chi connectivity index (χ4n) is 4.04. The number of halogens is 5. The highest BCUT2D eigenvalue weighted by molar-refractivity contribution is 7.89. The van der Waals surface area contributed by atoms with E-state index in [4.69, 9.17) is 0 Å². The number of rotatable bonds is 7. The predicted octanol–water partition coefficient (Wildman–Crippen LogP) is 3.78. The predicted molar refractivity (Wildman–Crippen MR) is 120 cm³/mol. The van der Waals surface area contributed by atoms with E-state index in [1.54, 1.807) is 0 Å². The van der Waals surface area contributed by atoms with E-state index < -0.39 is 51.7 Å². The normalized spacial score (nSPS) is 20.8. The lowest BCUT2D eigenvalue weighted by Crippen LogP contribution is -2.44. The summed E-state index contributed by atoms with van der Waals surface area (Å²) in [6, 6.07) is 3.09. The number of sulfonamides is 1. The van der Waals surface area contributed by atoms with E-state index in [1.165, 1.54) is 13.0 Å². The van der Waals surface area contributed by atoms with Gasteiger partial charge in [0, 0.05) is 18.5 Å². The van der Waals surface area contributed by atoms with Crippen molar-refractivity contribution in [1.29, 1.82) is 0 Å². The number of carbonyl (C=O) groups excluding carboxylic acids is 1. The van der Waals surface area contributed by atoms with Crippen molar-refractivity contribution in [2.75, 3.05) is 0 Å². The van der Waals surface area contributed by atoms with Crippen molar-refractivity contribution < 1.29 is 35.2 Å². The summed E-state index contributed by atoms with van der Waals surface area (Å²) in [5.74, 6) is -1.18. The Bertz CT molecular complexity index is 1390. The van der Waals surface area contributed by atoms with Crippen molar-refractivity contribution in [3.63, 3.8) is 0 Å². The number of aryl methyl sites for hydroxylation is 1. The largest absolute Gasteiger partial charge is 0.434 e. The molecule has 3 atom stereocenters. The molecule has 1 aromatic carbocycles. The Kier molecular flexibility index (Phi) is 7.33. The number of ketones is 1. The third-order valence-electron chi connectivity index (χ3n) is 6.00. The van der Waals surface area contributed by atoms with Gasteiger partial charge in [-0.25, -0.2) is 32.2 Å². The highest BCUT2D eigenvalue weighted by atomic mass is 32.2. The molecule has 2 aromatic heterocycles. The van der Waals surface area contributed by atoms with Gasteiger partial charge < -0.3 is 0 Å². The summed E-state index contributed by atoms with van der Waals surface area (Å²) in [6.07, 6.45) is -4.05. The molecule has 1 saturated heterocycles. The maximum Gasteiger partial charge on any atom is 0.434 e. The van der Waals surface area contributed by atoms with Gasteiger partial charge >= 0.3 is 6.18 Å². The molecule has 8 nitrogen and oxygen atoms in total. The van der Waals surface area contributed by atoms with Crippen LogP contribution in [0.4, 0.5) is 22.0 Å². The molecule has 0 spiro atoms. The SMILES string of the molecule is C[C@H]1[C@H](F)C[C@@H](C(=O)CCc2cc(-c3cnc(C(F)(F)F)cn3)ncn2)N1S(=O)(=O)c1ccc(F)cc1. The highest BCUT2D eigenvalue weighted by Crippen LogP contribution is 2.34. The first kappa shape index (κ1) is 26.7. The first-order valence-electron chi connectivity index (χ1n) is 11.0. The number of Topliss-reactive ketones (excluding diaryl/α,β-unsaturated/α-hetero) is 1. The van der Waals surface area contributed by atoms with Crippen LogP contribution in [0.5, 0.6) is 0 Å². The van der Waals surface area contributed by atoms with Crippen LogP contribution in [0.3, 0.4) is 0 Å². The van der Waals surface area contributed by atoms with E-state index in [1.807, 2.05) is 0 Å². The van der Waals surface area contributed by atoms with Gasteiger partial charge in [-0.1, -0.05) is 0 Å². The Morgan fingerprint density at radius 3 is 2.38 bits per heavy atom. The summed E-state index contributed by atoms with van der Waals surface area (Å²) < 4.78 is 93.1. The Labute approximate surface area is 208 Å². The summed E-state index contributed by atoms with van der Waals surface area (Å²) in [5, 5.41) is 0. The molecule has 196 valence electrons. The standard InChI is InChI=1S/C23H20F5N5O3S/c1-13-17(25)9-20(33(13)37(35,36)16-5-2-14(24)3-6-16)21(34)7-4-15-8-18(32-12-31-15)19-10-30-22(11-29-19)23(26,27)28/h2-3,5-6,8,10-13,17,20H,4,7,9H2,1H3/t13-,17+,20-/m0/s1. The van der Waals surface area contributed by atoms with Gasteiger partial charge in [-0.3, -0.25) is 9.78 Å². The summed E-state index contributed by atoms with van der Waals surface area (Å²) in [5.41, 5.74) is -0.578. The second-order valence-electron chi connectivity index (χ2n) is 8.44. The lowest BCUT2D eigenvalue weighted by molar-refractivity contribution is -0.141. The van der Waals surface area contributed by atoms with Crippen LogP contribution in [-0.2, 0) is 27.4 Å². The number of alkyl halides is 4. The maximum atomic E-state index is 14.6. The molecule has 3 heterocycles. The van der Waals surface area contributed by atoms with E-state index in [2.05, 4.69) is 19.9 Å². The molecule has 0 aliphatic carbocycles. The molecule has 1 fully saturated rings. The summed E-state index contributed by atoms with van der Waals surface area (Å²) in [4.78, 5) is 27.8. The van der Waals surface area contributed by atoms with Gasteiger partial charge in [-0.2, -0.15) is 17.5 Å². The molecule has 0 saturated carbocycles. The zero-order chi connectivity index (χ0) is 27.0. The molecule has 0 bridgehead atoms. The minimum Gasteiger partial charge on any atom is -0.298 e. The van der Waals surface area contributed by atoms with Crippen LogP contribution in [0.25, 0.3) is 11.4 Å². The van der Waals surface area contributed by atoms with Gasteiger partial charge in [0.05, 0.1) is 35.1 Å². The smallest absolute Gasteiger partial charge is 0.298 e. The van der Waals surface area contributed by atoms with Crippen molar-refractivity contribution in [3.05, 3.63) is 66.3 Å². The Morgan fingerprint density at radius 2 is 1.76 bits per heavy atom. The number of carbonyl (C=O) groups is 1. The van der Waals surface area contributed by atoms with E-state index in [0.29, 0.717) is 11.9 Å². The minimum atomic E-state index is -4.64. The quantitative estimate of drug-likeness (QED) is 0.419. The second kappa shape index (κ2) is 10.2. The van der Waals surface area contributed by atoms with Crippen LogP contribution in [0, 0.1) is 5.82 Å². The monoisotopic (exact) mass is 541 g/mol. The molecule has 1 aliphatic rings. The Balaban J connectivity index is 1.49. The number of nitrogens with zero attached hydrogens (tertiary/aromatic N) is 5. The number of hydrogen-bond donors (Lipinski definition) is 0. The first-order valence-corrected chi connectivity index (χ1v) is 12.5. The van der Waals surface area contributed by atoms with Crippen LogP contribution in [0.2, 0.25) is 0 Å². The lowest BCUT2D eigenvalue weighted by atomic mass is 10.0. The molecule has 0 N–H and O–H groups in total. The molecule has 1 aliphatic heterocycles. The van der Waals surface area contributed by atoms with E-state index in [-0.39, 0.29) is 35.5 Å². The zero-order valence-corrected chi connectivity index (χ0v) is 20.0. The average Bonchev–Trinajstić information content (AvgIpc) is 3.17. The van der Waals surface area contributed by atoms with E-state index in [0.717, 1.165) is 41.1 Å². The van der Waals surface area contributed by atoms with Crippen molar-refractivity contribution in [3.8, 4) is 11.4 Å². The number of benzene rings is 1. The fraction of sp³-hybridized carbons (Fsp3) is 0.348. The number of hydrogen-bond acceptors (Lipinski definition) is 7. The van der Waals surface area contributed by atoms with Crippen molar-refractivity contribution in [2.45, 2.75) is 55.5 Å². The van der Waals surface area contributed by atoms with Crippen LogP contribution in [-0.4, -0.2) is 56.7 Å². The molecule has 0 radical (unpaired) electrons. The zero-order valence-electron chi connectivity index (χ0n) is 19.2. The van der Waals surface area contributed by atoms with Gasteiger partial charge in [-0.05, 0) is 43.7 Å². The third-order valence-corrected chi connectivity index (χ3v) is 8.01. The fourth-order valence-corrected chi connectivity index (χ4v) is 5.88. The van der Waals surface area contributed by atoms with Gasteiger partial charge in [-0.15, -0.1) is 0 Å². The van der Waals surface area contributed by atoms with Gasteiger partial charge in [0.15, 0.2) is 11.5 Å². The summed E-state index contributed by atoms with van der Waals surface area (Å²) in [6.45, 7) is 1.36. The first-order chi connectivity index (χ1) is 17.4. The Hall–Kier alpha value is -3.39. The average molecular weight is 542 g/mol. The Morgan fingerprint density at radius 1 is 1.05 bits per heavy atom. The summed E-state index contributed by atoms with van der Waals surface area (Å²) in [7, 11) is -4.29. The number of aromatic nitrogens is 4. The highest BCUT2D eigenvalue weighted by Gasteiger charge is 2.48. The van der Waals surface area contributed by atoms with Gasteiger partial charge in [0.25, 0.3) is 0 Å². The molecule has 4 rings (SSSR count). The lowest BCUT2D eigenvalue weighted by Gasteiger charge is -2.26. The van der Waals surface area contributed by atoms with E-state index >= 15 is 0 Å². The van der Waals surface area contributed by atoms with Crippen LogP contribution in [0.15, 0.2) is 53.9 Å². The maximum absolute atomic E-state index is 14.6. The molecular weight excluding hydrogens is 521 g/mol. The topological polar surface area (TPSA) is 106 Å². The van der Waals surface area contributed by atoms with Crippen molar-refractivity contribution in [2.24, 2.45) is 0 Å². The van der Waals surface area contributed by atoms with Crippen molar-refractivity contribution in [1.82, 2.24) is 24.2 Å². The van der Waals surface area contributed by atoms with Crippen LogP contribution >= 0.6 is 0 Å². The summed E-state index contributed by atoms with van der Waals surface area (Å²) >= 11 is 0. The van der Waals surface area contributed by atoms with Gasteiger partial charge in [0.2, 0.25) is 10.0 Å². The van der Waals surface area contributed by atoms with Crippen molar-refractivity contribution >= 4 is 15.8 Å². The van der Waals surface area contributed by atoms with E-state index in [9.17, 15) is 35.2 Å². The third kappa shape index (κ3) is 5.64. The van der Waals surface area contributed by atoms with Crippen LogP contribution < -0.4 is 0 Å². The molecule has 0 unspecified atom stereocenters. The second-order valence-corrected chi connectivity index (χ2v) is 10.3. The molecule has 14 heteroatoms.